The van der Waals surface area contributed by atoms with Gasteiger partial charge >= 0.3 is 0 Å². The summed E-state index contributed by atoms with van der Waals surface area (Å²) in [6, 6.07) is 4.49. The van der Waals surface area contributed by atoms with E-state index in [1.165, 1.54) is 6.07 Å². The lowest BCUT2D eigenvalue weighted by Gasteiger charge is -2.09. The molecule has 0 saturated heterocycles. The zero-order valence-corrected chi connectivity index (χ0v) is 11.4. The van der Waals surface area contributed by atoms with Crippen LogP contribution in [0.1, 0.15) is 19.4 Å². The van der Waals surface area contributed by atoms with Gasteiger partial charge in [0.1, 0.15) is 5.82 Å². The van der Waals surface area contributed by atoms with Gasteiger partial charge in [0.15, 0.2) is 0 Å². The maximum absolute atomic E-state index is 13.4. The molecule has 0 unspecified atom stereocenters. The highest BCUT2D eigenvalue weighted by atomic mass is 35.5. The van der Waals surface area contributed by atoms with Crippen LogP contribution in [0.5, 0.6) is 0 Å². The molecular weight excluding hydrogens is 255 g/mol. The molecule has 0 bridgehead atoms. The molecule has 0 heterocycles. The summed E-state index contributed by atoms with van der Waals surface area (Å²) in [7, 11) is 0. The second-order valence-electron chi connectivity index (χ2n) is 4.54. The number of halogens is 2. The third-order valence-corrected chi connectivity index (χ3v) is 2.56. The van der Waals surface area contributed by atoms with Crippen molar-refractivity contribution < 1.29 is 9.18 Å². The maximum Gasteiger partial charge on any atom is 0.233 e. The number of carbonyl (C=O) groups excluding carboxylic acids is 1. The van der Waals surface area contributed by atoms with Gasteiger partial charge in [-0.3, -0.25) is 4.79 Å². The van der Waals surface area contributed by atoms with E-state index in [2.05, 4.69) is 10.6 Å². The van der Waals surface area contributed by atoms with E-state index in [1.54, 1.807) is 12.1 Å². The van der Waals surface area contributed by atoms with Gasteiger partial charge in [-0.1, -0.05) is 31.5 Å². The van der Waals surface area contributed by atoms with Crippen molar-refractivity contribution in [1.82, 2.24) is 10.6 Å². The van der Waals surface area contributed by atoms with E-state index in [1.807, 2.05) is 13.8 Å². The Hall–Kier alpha value is -1.13. The molecule has 0 spiro atoms. The summed E-state index contributed by atoms with van der Waals surface area (Å²) in [5, 5.41) is 6.03. The van der Waals surface area contributed by atoms with Crippen LogP contribution in [0.25, 0.3) is 0 Å². The van der Waals surface area contributed by atoms with Gasteiger partial charge in [0.25, 0.3) is 0 Å². The second kappa shape index (κ2) is 7.34. The molecular formula is C13H18ClFN2O. The van der Waals surface area contributed by atoms with Crippen LogP contribution in [-0.2, 0) is 11.3 Å². The van der Waals surface area contributed by atoms with Crippen LogP contribution in [0.15, 0.2) is 18.2 Å². The van der Waals surface area contributed by atoms with Gasteiger partial charge < -0.3 is 10.6 Å². The highest BCUT2D eigenvalue weighted by Gasteiger charge is 2.05. The Morgan fingerprint density at radius 2 is 2.17 bits per heavy atom. The first-order valence-electron chi connectivity index (χ1n) is 5.90. The molecule has 1 rings (SSSR count). The molecule has 1 aromatic rings. The fraction of sp³-hybridized carbons (Fsp3) is 0.462. The first-order chi connectivity index (χ1) is 8.49. The fourth-order valence-electron chi connectivity index (χ4n) is 1.36. The highest BCUT2D eigenvalue weighted by Crippen LogP contribution is 2.14. The molecule has 1 amide bonds. The summed E-state index contributed by atoms with van der Waals surface area (Å²) in [5.41, 5.74) is 0.496. The third kappa shape index (κ3) is 5.47. The lowest BCUT2D eigenvalue weighted by molar-refractivity contribution is -0.120. The lowest BCUT2D eigenvalue weighted by atomic mass is 10.2. The topological polar surface area (TPSA) is 41.1 Å². The largest absolute Gasteiger partial charge is 0.355 e. The van der Waals surface area contributed by atoms with Gasteiger partial charge in [0.2, 0.25) is 5.91 Å². The predicted octanol–water partition coefficient (Wildman–Crippen LogP) is 2.34. The molecule has 0 saturated carbocycles. The van der Waals surface area contributed by atoms with Crippen molar-refractivity contribution in [2.75, 3.05) is 13.1 Å². The van der Waals surface area contributed by atoms with E-state index in [0.29, 0.717) is 29.6 Å². The van der Waals surface area contributed by atoms with Crippen molar-refractivity contribution in [3.63, 3.8) is 0 Å². The van der Waals surface area contributed by atoms with Gasteiger partial charge in [0.05, 0.1) is 6.54 Å². The molecule has 100 valence electrons. The Morgan fingerprint density at radius 1 is 1.44 bits per heavy atom. The van der Waals surface area contributed by atoms with E-state index in [-0.39, 0.29) is 18.3 Å². The van der Waals surface area contributed by atoms with Gasteiger partial charge in [-0.2, -0.15) is 0 Å². The van der Waals surface area contributed by atoms with Crippen molar-refractivity contribution in [3.05, 3.63) is 34.6 Å². The average molecular weight is 273 g/mol. The third-order valence-electron chi connectivity index (χ3n) is 2.32. The van der Waals surface area contributed by atoms with E-state index < -0.39 is 0 Å². The monoisotopic (exact) mass is 272 g/mol. The van der Waals surface area contributed by atoms with Gasteiger partial charge in [-0.15, -0.1) is 0 Å². The molecule has 0 atom stereocenters. The predicted molar refractivity (Wildman–Crippen MR) is 71.0 cm³/mol. The SMILES string of the molecule is CC(C)CNC(=O)CNCc1ccc(Cl)cc1F. The molecule has 3 nitrogen and oxygen atoms in total. The van der Waals surface area contributed by atoms with Crippen LogP contribution in [-0.4, -0.2) is 19.0 Å². The minimum atomic E-state index is -0.363. The normalized spacial score (nSPS) is 10.7. The molecule has 0 fully saturated rings. The average Bonchev–Trinajstić information content (AvgIpc) is 2.29. The summed E-state index contributed by atoms with van der Waals surface area (Å²) < 4.78 is 13.4. The van der Waals surface area contributed by atoms with Crippen LogP contribution in [0, 0.1) is 11.7 Å². The molecule has 0 aliphatic carbocycles. The van der Waals surface area contributed by atoms with E-state index in [4.69, 9.17) is 11.6 Å². The number of hydrogen-bond acceptors (Lipinski definition) is 2. The molecule has 1 aromatic carbocycles. The minimum absolute atomic E-state index is 0.0851. The van der Waals surface area contributed by atoms with Crippen molar-refractivity contribution in [2.45, 2.75) is 20.4 Å². The second-order valence-corrected chi connectivity index (χ2v) is 4.97. The van der Waals surface area contributed by atoms with Crippen molar-refractivity contribution in [3.8, 4) is 0 Å². The first kappa shape index (κ1) is 14.9. The molecule has 18 heavy (non-hydrogen) atoms. The van der Waals surface area contributed by atoms with Gasteiger partial charge in [-0.25, -0.2) is 4.39 Å². The zero-order chi connectivity index (χ0) is 13.5. The van der Waals surface area contributed by atoms with Crippen LogP contribution in [0.4, 0.5) is 4.39 Å². The summed E-state index contributed by atoms with van der Waals surface area (Å²) in [5.74, 6) is -0.0293. The molecule has 0 radical (unpaired) electrons. The lowest BCUT2D eigenvalue weighted by Crippen LogP contribution is -2.35. The highest BCUT2D eigenvalue weighted by molar-refractivity contribution is 6.30. The Kier molecular flexibility index (Phi) is 6.09. The number of hydrogen-bond donors (Lipinski definition) is 2. The van der Waals surface area contributed by atoms with Crippen LogP contribution < -0.4 is 10.6 Å². The summed E-state index contributed by atoms with van der Waals surface area (Å²) in [6.45, 7) is 5.18. The van der Waals surface area contributed by atoms with Crippen molar-refractivity contribution >= 4 is 17.5 Å². The zero-order valence-electron chi connectivity index (χ0n) is 10.6. The Balaban J connectivity index is 2.31. The summed E-state index contributed by atoms with van der Waals surface area (Å²) in [6.07, 6.45) is 0. The number of rotatable bonds is 6. The standard InChI is InChI=1S/C13H18ClFN2O/c1-9(2)6-17-13(18)8-16-7-10-3-4-11(14)5-12(10)15/h3-5,9,16H,6-8H2,1-2H3,(H,17,18). The number of nitrogens with one attached hydrogen (secondary N) is 2. The van der Waals surface area contributed by atoms with E-state index in [0.717, 1.165) is 0 Å². The fourth-order valence-corrected chi connectivity index (χ4v) is 1.51. The number of benzene rings is 1. The Bertz CT molecular complexity index is 410. The van der Waals surface area contributed by atoms with Gasteiger partial charge in [-0.05, 0) is 18.1 Å². The molecule has 2 N–H and O–H groups in total. The first-order valence-corrected chi connectivity index (χ1v) is 6.28. The number of carbonyl (C=O) groups is 1. The van der Waals surface area contributed by atoms with Crippen LogP contribution in [0.3, 0.4) is 0 Å². The Morgan fingerprint density at radius 3 is 2.78 bits per heavy atom. The van der Waals surface area contributed by atoms with E-state index in [9.17, 15) is 9.18 Å². The van der Waals surface area contributed by atoms with Gasteiger partial charge in [0, 0.05) is 23.7 Å². The van der Waals surface area contributed by atoms with Crippen LogP contribution in [0.2, 0.25) is 5.02 Å². The maximum atomic E-state index is 13.4. The molecule has 0 aliphatic heterocycles. The van der Waals surface area contributed by atoms with Crippen molar-refractivity contribution in [2.24, 2.45) is 5.92 Å². The summed E-state index contributed by atoms with van der Waals surface area (Å²) >= 11 is 5.65. The number of amides is 1. The smallest absolute Gasteiger partial charge is 0.233 e. The summed E-state index contributed by atoms with van der Waals surface area (Å²) in [4.78, 5) is 11.4. The molecule has 5 heteroatoms. The van der Waals surface area contributed by atoms with Crippen molar-refractivity contribution in [1.29, 1.82) is 0 Å². The van der Waals surface area contributed by atoms with Crippen LogP contribution >= 0.6 is 11.6 Å². The molecule has 0 aromatic heterocycles. The minimum Gasteiger partial charge on any atom is -0.355 e. The van der Waals surface area contributed by atoms with E-state index >= 15 is 0 Å². The quantitative estimate of drug-likeness (QED) is 0.835. The molecule has 0 aliphatic rings. The Labute approximate surface area is 112 Å².